The average molecular weight is 252 g/mol. The highest BCUT2D eigenvalue weighted by molar-refractivity contribution is 5.92. The van der Waals surface area contributed by atoms with Gasteiger partial charge in [0.05, 0.1) is 18.6 Å². The molecule has 1 rings (SSSR count). The number of aromatic nitrogens is 1. The van der Waals surface area contributed by atoms with Gasteiger partial charge in [-0.1, -0.05) is 6.92 Å². The highest BCUT2D eigenvalue weighted by Crippen LogP contribution is 2.07. The van der Waals surface area contributed by atoms with Crippen LogP contribution in [0.4, 0.5) is 5.82 Å². The molecular weight excluding hydrogens is 236 g/mol. The number of carbonyl (C=O) groups excluding carboxylic acids is 1. The molecule has 18 heavy (non-hydrogen) atoms. The van der Waals surface area contributed by atoms with Gasteiger partial charge in [-0.3, -0.25) is 4.79 Å². The zero-order valence-electron chi connectivity index (χ0n) is 10.2. The van der Waals surface area contributed by atoms with Crippen molar-refractivity contribution in [3.05, 3.63) is 23.9 Å². The summed E-state index contributed by atoms with van der Waals surface area (Å²) < 4.78 is 5.18. The van der Waals surface area contributed by atoms with Crippen LogP contribution in [-0.2, 0) is 9.53 Å². The molecule has 1 aromatic heterocycles. The molecule has 0 bridgehead atoms. The Kier molecular flexibility index (Phi) is 5.79. The van der Waals surface area contributed by atoms with Crippen LogP contribution < -0.4 is 5.32 Å². The molecule has 0 fully saturated rings. The summed E-state index contributed by atoms with van der Waals surface area (Å²) in [6.45, 7) is 2.96. The Morgan fingerprint density at radius 3 is 2.89 bits per heavy atom. The van der Waals surface area contributed by atoms with Crippen molar-refractivity contribution >= 4 is 17.7 Å². The fourth-order valence-corrected chi connectivity index (χ4v) is 1.25. The molecule has 2 N–H and O–H groups in total. The van der Waals surface area contributed by atoms with Crippen molar-refractivity contribution in [1.29, 1.82) is 0 Å². The Morgan fingerprint density at radius 2 is 2.22 bits per heavy atom. The molecule has 1 heterocycles. The van der Waals surface area contributed by atoms with Crippen LogP contribution in [0.25, 0.3) is 0 Å². The third-order valence-corrected chi connectivity index (χ3v) is 2.10. The van der Waals surface area contributed by atoms with Crippen molar-refractivity contribution in [2.75, 3.05) is 18.5 Å². The largest absolute Gasteiger partial charge is 0.478 e. The summed E-state index contributed by atoms with van der Waals surface area (Å²) in [6.07, 6.45) is 2.47. The van der Waals surface area contributed by atoms with E-state index in [2.05, 4.69) is 10.3 Å². The van der Waals surface area contributed by atoms with Gasteiger partial charge in [-0.2, -0.15) is 0 Å². The molecule has 1 aromatic rings. The number of hydrogen-bond donors (Lipinski definition) is 2. The molecular formula is C12H16N2O4. The second-order valence-corrected chi connectivity index (χ2v) is 3.65. The number of amides is 1. The smallest absolute Gasteiger partial charge is 0.335 e. The Balaban J connectivity index is 2.44. The minimum Gasteiger partial charge on any atom is -0.478 e. The molecule has 6 nitrogen and oxygen atoms in total. The molecule has 0 spiro atoms. The first-order chi connectivity index (χ1) is 8.63. The summed E-state index contributed by atoms with van der Waals surface area (Å²) in [5.74, 6) is -1.07. The fraction of sp³-hybridized carbons (Fsp3) is 0.417. The van der Waals surface area contributed by atoms with Gasteiger partial charge in [-0.05, 0) is 18.6 Å². The normalized spacial score (nSPS) is 10.1. The summed E-state index contributed by atoms with van der Waals surface area (Å²) in [7, 11) is 0. The van der Waals surface area contributed by atoms with Crippen LogP contribution >= 0.6 is 0 Å². The lowest BCUT2D eigenvalue weighted by Crippen LogP contribution is -2.15. The van der Waals surface area contributed by atoms with E-state index in [1.54, 1.807) is 0 Å². The number of carbonyl (C=O) groups is 2. The van der Waals surface area contributed by atoms with E-state index in [0.29, 0.717) is 13.2 Å². The van der Waals surface area contributed by atoms with Gasteiger partial charge < -0.3 is 15.2 Å². The van der Waals surface area contributed by atoms with Gasteiger partial charge in [0.1, 0.15) is 5.82 Å². The molecule has 0 radical (unpaired) electrons. The molecule has 0 aliphatic carbocycles. The number of ether oxygens (including phenoxy) is 1. The first kappa shape index (κ1) is 14.1. The summed E-state index contributed by atoms with van der Waals surface area (Å²) in [6, 6.07) is 2.68. The number of nitrogens with one attached hydrogen (secondary N) is 1. The van der Waals surface area contributed by atoms with Crippen LogP contribution in [0, 0.1) is 0 Å². The van der Waals surface area contributed by atoms with Crippen LogP contribution in [0.15, 0.2) is 18.3 Å². The lowest BCUT2D eigenvalue weighted by atomic mass is 10.2. The zero-order valence-corrected chi connectivity index (χ0v) is 10.2. The number of pyridine rings is 1. The van der Waals surface area contributed by atoms with Crippen molar-refractivity contribution in [2.24, 2.45) is 0 Å². The summed E-state index contributed by atoms with van der Waals surface area (Å²) in [5.41, 5.74) is 0.0857. The molecule has 98 valence electrons. The predicted octanol–water partition coefficient (Wildman–Crippen LogP) is 1.53. The minimum atomic E-state index is -1.06. The third kappa shape index (κ3) is 4.92. The van der Waals surface area contributed by atoms with E-state index in [1.165, 1.54) is 18.3 Å². The first-order valence-corrected chi connectivity index (χ1v) is 5.70. The van der Waals surface area contributed by atoms with Gasteiger partial charge >= 0.3 is 5.97 Å². The predicted molar refractivity (Wildman–Crippen MR) is 65.6 cm³/mol. The molecule has 0 atom stereocenters. The number of carboxylic acid groups (broad SMARTS) is 1. The van der Waals surface area contributed by atoms with E-state index >= 15 is 0 Å². The lowest BCUT2D eigenvalue weighted by molar-refractivity contribution is -0.117. The van der Waals surface area contributed by atoms with Crippen LogP contribution in [0.5, 0.6) is 0 Å². The van der Waals surface area contributed by atoms with Gasteiger partial charge in [0.2, 0.25) is 5.91 Å². The van der Waals surface area contributed by atoms with E-state index < -0.39 is 5.97 Å². The number of hydrogen-bond acceptors (Lipinski definition) is 4. The maximum Gasteiger partial charge on any atom is 0.335 e. The second kappa shape index (κ2) is 7.39. The van der Waals surface area contributed by atoms with Crippen LogP contribution in [0.2, 0.25) is 0 Å². The Labute approximate surface area is 105 Å². The maximum atomic E-state index is 11.5. The van der Waals surface area contributed by atoms with E-state index in [-0.39, 0.29) is 23.7 Å². The van der Waals surface area contributed by atoms with Crippen molar-refractivity contribution in [2.45, 2.75) is 19.8 Å². The van der Waals surface area contributed by atoms with Gasteiger partial charge in [0, 0.05) is 12.8 Å². The lowest BCUT2D eigenvalue weighted by Gasteiger charge is -2.05. The average Bonchev–Trinajstić information content (AvgIpc) is 2.35. The van der Waals surface area contributed by atoms with Crippen molar-refractivity contribution < 1.29 is 19.4 Å². The molecule has 6 heteroatoms. The van der Waals surface area contributed by atoms with Gasteiger partial charge in [-0.25, -0.2) is 9.78 Å². The number of carboxylic acids is 1. The Bertz CT molecular complexity index is 420. The highest BCUT2D eigenvalue weighted by atomic mass is 16.5. The number of nitrogens with zero attached hydrogens (tertiary/aromatic N) is 1. The first-order valence-electron chi connectivity index (χ1n) is 5.70. The summed E-state index contributed by atoms with van der Waals surface area (Å²) >= 11 is 0. The molecule has 0 unspecified atom stereocenters. The monoisotopic (exact) mass is 252 g/mol. The third-order valence-electron chi connectivity index (χ3n) is 2.10. The summed E-state index contributed by atoms with van der Waals surface area (Å²) in [5, 5.41) is 11.3. The Morgan fingerprint density at radius 1 is 1.44 bits per heavy atom. The SMILES string of the molecule is CCCOCCC(=O)Nc1cc(C(=O)O)ccn1. The van der Waals surface area contributed by atoms with Gasteiger partial charge in [0.15, 0.2) is 0 Å². The van der Waals surface area contributed by atoms with E-state index in [9.17, 15) is 9.59 Å². The highest BCUT2D eigenvalue weighted by Gasteiger charge is 2.07. The van der Waals surface area contributed by atoms with Crippen molar-refractivity contribution in [3.63, 3.8) is 0 Å². The van der Waals surface area contributed by atoms with Crippen LogP contribution in [0.1, 0.15) is 30.1 Å². The van der Waals surface area contributed by atoms with E-state index in [4.69, 9.17) is 9.84 Å². The van der Waals surface area contributed by atoms with Crippen LogP contribution in [0.3, 0.4) is 0 Å². The maximum absolute atomic E-state index is 11.5. The standard InChI is InChI=1S/C12H16N2O4/c1-2-6-18-7-4-11(15)14-10-8-9(12(16)17)3-5-13-10/h3,5,8H,2,4,6-7H2,1H3,(H,16,17)(H,13,14,15). The molecule has 0 aliphatic rings. The molecule has 0 aliphatic heterocycles. The second-order valence-electron chi connectivity index (χ2n) is 3.65. The van der Waals surface area contributed by atoms with Gasteiger partial charge in [0.25, 0.3) is 0 Å². The van der Waals surface area contributed by atoms with Crippen molar-refractivity contribution in [1.82, 2.24) is 4.98 Å². The molecule has 0 saturated heterocycles. The zero-order chi connectivity index (χ0) is 13.4. The van der Waals surface area contributed by atoms with Crippen LogP contribution in [-0.4, -0.2) is 35.2 Å². The number of rotatable bonds is 7. The fourth-order valence-electron chi connectivity index (χ4n) is 1.25. The number of anilines is 1. The summed E-state index contributed by atoms with van der Waals surface area (Å²) in [4.78, 5) is 26.1. The van der Waals surface area contributed by atoms with Crippen molar-refractivity contribution in [3.8, 4) is 0 Å². The quantitative estimate of drug-likeness (QED) is 0.718. The molecule has 0 aromatic carbocycles. The molecule has 0 saturated carbocycles. The molecule has 1 amide bonds. The van der Waals surface area contributed by atoms with E-state index in [1.807, 2.05) is 6.92 Å². The minimum absolute atomic E-state index is 0.0857. The number of aromatic carboxylic acids is 1. The topological polar surface area (TPSA) is 88.5 Å². The van der Waals surface area contributed by atoms with Gasteiger partial charge in [-0.15, -0.1) is 0 Å². The van der Waals surface area contributed by atoms with E-state index in [0.717, 1.165) is 6.42 Å². The Hall–Kier alpha value is -1.95.